The Morgan fingerprint density at radius 3 is 0.942 bits per heavy atom. The highest BCUT2D eigenvalue weighted by Gasteiger charge is 2.20. The van der Waals surface area contributed by atoms with Crippen molar-refractivity contribution in [3.63, 3.8) is 0 Å². The molecule has 0 atom stereocenters. The molecule has 2 heterocycles. The first-order valence-electron chi connectivity index (χ1n) is 29.3. The fourth-order valence-electron chi connectivity index (χ4n) is 12.0. The standard InChI is InChI=1S/C80H62N4O2/c1-3-57-23-27-59(28-24-57)53-85-55-61-31-39-69(40-32-61)83-77-21-13-11-19-73(77)75-51-71(47-49-79(75)83)81(65-15-7-5-8-16-65)67-43-35-63(36-44-67)64-37-45-68(46-38-64)82(66-17-9-6-10-18-66)72-48-50-80-76(52-72)74-20-12-14-22-78(74)84(80)70-41-33-62(34-42-70)56-86-54-60-29-25-58(4-2)26-30-60/h3-52H,1-2,53-56H2. The minimum Gasteiger partial charge on any atom is -0.372 e. The summed E-state index contributed by atoms with van der Waals surface area (Å²) < 4.78 is 17.0. The van der Waals surface area contributed by atoms with Gasteiger partial charge >= 0.3 is 0 Å². The number of para-hydroxylation sites is 4. The lowest BCUT2D eigenvalue weighted by molar-refractivity contribution is 0.107. The second-order valence-corrected chi connectivity index (χ2v) is 21.8. The minimum absolute atomic E-state index is 0.535. The molecule has 0 fully saturated rings. The third-order valence-electron chi connectivity index (χ3n) is 16.3. The molecule has 12 aromatic carbocycles. The second kappa shape index (κ2) is 23.8. The SMILES string of the molecule is C=Cc1ccc(COCc2ccc(-n3c4ccccc4c4cc(N(c5ccccc5)c5ccc(-c6ccc(N(c7ccccc7)c7ccc8c(c7)c7ccccc7n8-c7ccc(COCc8ccc(C=C)cc8)cc7)cc6)cc5)ccc43)cc2)cc1. The Bertz CT molecular complexity index is 4380. The number of anilines is 6. The summed E-state index contributed by atoms with van der Waals surface area (Å²) in [4.78, 5) is 4.71. The molecular formula is C80H62N4O2. The van der Waals surface area contributed by atoms with E-state index in [1.165, 1.54) is 21.5 Å². The molecule has 6 heteroatoms. The van der Waals surface area contributed by atoms with Gasteiger partial charge in [-0.15, -0.1) is 0 Å². The first-order valence-corrected chi connectivity index (χ1v) is 29.3. The lowest BCUT2D eigenvalue weighted by Crippen LogP contribution is -2.10. The van der Waals surface area contributed by atoms with Crippen LogP contribution >= 0.6 is 0 Å². The Kier molecular flexibility index (Phi) is 14.8. The van der Waals surface area contributed by atoms with E-state index in [1.54, 1.807) is 0 Å². The number of fused-ring (bicyclic) bond motifs is 6. The van der Waals surface area contributed by atoms with Gasteiger partial charge in [-0.2, -0.15) is 0 Å². The van der Waals surface area contributed by atoms with Gasteiger partial charge in [-0.25, -0.2) is 0 Å². The molecule has 0 unspecified atom stereocenters. The molecule has 0 radical (unpaired) electrons. The first-order chi connectivity index (χ1) is 42.5. The van der Waals surface area contributed by atoms with Gasteiger partial charge in [0.15, 0.2) is 0 Å². The Morgan fingerprint density at radius 2 is 0.581 bits per heavy atom. The molecule has 0 N–H and O–H groups in total. The van der Waals surface area contributed by atoms with E-state index < -0.39 is 0 Å². The van der Waals surface area contributed by atoms with E-state index in [4.69, 9.17) is 9.47 Å². The van der Waals surface area contributed by atoms with Crippen LogP contribution in [0, 0.1) is 0 Å². The molecule has 14 aromatic rings. The van der Waals surface area contributed by atoms with Gasteiger partial charge in [-0.3, -0.25) is 0 Å². The van der Waals surface area contributed by atoms with Crippen LogP contribution in [0.3, 0.4) is 0 Å². The summed E-state index contributed by atoms with van der Waals surface area (Å²) in [7, 11) is 0. The van der Waals surface area contributed by atoms with Gasteiger partial charge in [0.05, 0.1) is 48.5 Å². The van der Waals surface area contributed by atoms with Crippen LogP contribution in [0.5, 0.6) is 0 Å². The van der Waals surface area contributed by atoms with E-state index in [9.17, 15) is 0 Å². The average Bonchev–Trinajstić information content (AvgIpc) is 1.75. The Balaban J connectivity index is 0.726. The summed E-state index contributed by atoms with van der Waals surface area (Å²) >= 11 is 0. The van der Waals surface area contributed by atoms with Crippen LogP contribution in [0.2, 0.25) is 0 Å². The van der Waals surface area contributed by atoms with Gasteiger partial charge in [-0.05, 0) is 166 Å². The largest absolute Gasteiger partial charge is 0.372 e. The van der Waals surface area contributed by atoms with E-state index in [1.807, 2.05) is 12.2 Å². The average molecular weight is 1110 g/mol. The van der Waals surface area contributed by atoms with Gasteiger partial charge in [0.1, 0.15) is 0 Å². The Morgan fingerprint density at radius 1 is 0.279 bits per heavy atom. The highest BCUT2D eigenvalue weighted by molar-refractivity contribution is 6.12. The van der Waals surface area contributed by atoms with Crippen LogP contribution in [0.15, 0.2) is 304 Å². The molecule has 6 nitrogen and oxygen atoms in total. The maximum atomic E-state index is 6.13. The first kappa shape index (κ1) is 53.3. The highest BCUT2D eigenvalue weighted by Crippen LogP contribution is 2.43. The summed E-state index contributed by atoms with van der Waals surface area (Å²) in [5, 5.41) is 4.78. The van der Waals surface area contributed by atoms with E-state index in [2.05, 4.69) is 323 Å². The molecule has 0 spiro atoms. The van der Waals surface area contributed by atoms with E-state index in [-0.39, 0.29) is 0 Å². The van der Waals surface area contributed by atoms with Crippen LogP contribution in [0.4, 0.5) is 34.1 Å². The van der Waals surface area contributed by atoms with E-state index in [0.29, 0.717) is 26.4 Å². The third-order valence-corrected chi connectivity index (χ3v) is 16.3. The minimum atomic E-state index is 0.535. The molecule has 0 amide bonds. The zero-order valence-corrected chi connectivity index (χ0v) is 47.7. The van der Waals surface area contributed by atoms with Crippen molar-refractivity contribution in [2.75, 3.05) is 9.80 Å². The number of rotatable bonds is 19. The van der Waals surface area contributed by atoms with Crippen molar-refractivity contribution >= 4 is 89.9 Å². The summed E-state index contributed by atoms with van der Waals surface area (Å²) in [5.41, 5.74) is 22.3. The Labute approximate surface area is 502 Å². The Hall–Kier alpha value is -10.8. The smallest absolute Gasteiger partial charge is 0.0721 e. The molecule has 0 saturated carbocycles. The van der Waals surface area contributed by atoms with E-state index >= 15 is 0 Å². The topological polar surface area (TPSA) is 34.8 Å². The maximum absolute atomic E-state index is 6.13. The molecule has 14 rings (SSSR count). The fourth-order valence-corrected chi connectivity index (χ4v) is 12.0. The lowest BCUT2D eigenvalue weighted by Gasteiger charge is -2.26. The number of hydrogen-bond donors (Lipinski definition) is 0. The summed E-state index contributed by atoms with van der Waals surface area (Å²) in [6, 6.07) is 105. The summed E-state index contributed by atoms with van der Waals surface area (Å²) in [5.74, 6) is 0. The predicted molar refractivity (Wildman–Crippen MR) is 360 cm³/mol. The van der Waals surface area contributed by atoms with Crippen molar-refractivity contribution in [2.45, 2.75) is 26.4 Å². The molecule has 0 bridgehead atoms. The van der Waals surface area contributed by atoms with Crippen LogP contribution in [-0.2, 0) is 35.9 Å². The van der Waals surface area contributed by atoms with Crippen molar-refractivity contribution in [2.24, 2.45) is 0 Å². The van der Waals surface area contributed by atoms with Crippen molar-refractivity contribution in [1.29, 1.82) is 0 Å². The third kappa shape index (κ3) is 10.7. The van der Waals surface area contributed by atoms with E-state index in [0.717, 1.165) is 112 Å². The normalized spacial score (nSPS) is 11.4. The van der Waals surface area contributed by atoms with Crippen molar-refractivity contribution in [3.05, 3.63) is 338 Å². The summed E-state index contributed by atoms with van der Waals surface area (Å²) in [6.45, 7) is 9.91. The second-order valence-electron chi connectivity index (χ2n) is 21.8. The van der Waals surface area contributed by atoms with Crippen LogP contribution in [0.25, 0.3) is 78.3 Å². The number of aromatic nitrogens is 2. The lowest BCUT2D eigenvalue weighted by atomic mass is 10.0. The highest BCUT2D eigenvalue weighted by atomic mass is 16.5. The molecule has 0 saturated heterocycles. The van der Waals surface area contributed by atoms with Gasteiger partial charge in [0.25, 0.3) is 0 Å². The number of ether oxygens (including phenoxy) is 2. The molecule has 0 aliphatic carbocycles. The van der Waals surface area contributed by atoms with Gasteiger partial charge < -0.3 is 28.4 Å². The van der Waals surface area contributed by atoms with Crippen LogP contribution in [-0.4, -0.2) is 9.13 Å². The van der Waals surface area contributed by atoms with Gasteiger partial charge in [0.2, 0.25) is 0 Å². The summed E-state index contributed by atoms with van der Waals surface area (Å²) in [6.07, 6.45) is 3.72. The van der Waals surface area contributed by atoms with Gasteiger partial charge in [-0.1, -0.05) is 195 Å². The molecule has 86 heavy (non-hydrogen) atoms. The zero-order valence-electron chi connectivity index (χ0n) is 47.7. The molecule has 0 aliphatic rings. The molecular weight excluding hydrogens is 1050 g/mol. The number of benzene rings is 12. The molecule has 414 valence electrons. The van der Waals surface area contributed by atoms with Crippen LogP contribution in [0.1, 0.15) is 33.4 Å². The zero-order chi connectivity index (χ0) is 57.8. The number of nitrogens with zero attached hydrogens (tertiary/aromatic N) is 4. The number of hydrogen-bond acceptors (Lipinski definition) is 4. The van der Waals surface area contributed by atoms with Crippen LogP contribution < -0.4 is 9.80 Å². The van der Waals surface area contributed by atoms with Crippen molar-refractivity contribution < 1.29 is 9.47 Å². The van der Waals surface area contributed by atoms with Crippen molar-refractivity contribution in [1.82, 2.24) is 9.13 Å². The fraction of sp³-hybridized carbons (Fsp3) is 0.0500. The van der Waals surface area contributed by atoms with Gasteiger partial charge in [0, 0.05) is 67.0 Å². The molecule has 0 aliphatic heterocycles. The molecule has 2 aromatic heterocycles. The predicted octanol–water partition coefficient (Wildman–Crippen LogP) is 21.2. The monoisotopic (exact) mass is 1110 g/mol. The quantitative estimate of drug-likeness (QED) is 0.0808. The van der Waals surface area contributed by atoms with Crippen molar-refractivity contribution in [3.8, 4) is 22.5 Å². The maximum Gasteiger partial charge on any atom is 0.0721 e.